The molecule has 0 aliphatic carbocycles. The van der Waals surface area contributed by atoms with Gasteiger partial charge in [-0.1, -0.05) is 6.92 Å². The van der Waals surface area contributed by atoms with Crippen LogP contribution in [0.25, 0.3) is 0 Å². The van der Waals surface area contributed by atoms with Gasteiger partial charge in [0.2, 0.25) is 0 Å². The first kappa shape index (κ1) is 19.5. The zero-order valence-electron chi connectivity index (χ0n) is 10.2. The van der Waals surface area contributed by atoms with Crippen LogP contribution in [-0.2, 0) is 4.79 Å². The molecule has 0 saturated carbocycles. The van der Waals surface area contributed by atoms with Gasteiger partial charge in [0, 0.05) is 0 Å². The molecule has 0 aromatic carbocycles. The molecular weight excluding hydrogens is 255 g/mol. The molecule has 0 spiro atoms. The van der Waals surface area contributed by atoms with Crippen molar-refractivity contribution in [1.82, 2.24) is 5.32 Å². The maximum Gasteiger partial charge on any atom is 0.490 e. The second-order valence-corrected chi connectivity index (χ2v) is 3.49. The second kappa shape index (κ2) is 11.2. The molecule has 5 nitrogen and oxygen atoms in total. The molecule has 0 aliphatic heterocycles. The quantitative estimate of drug-likeness (QED) is 0.515. The number of unbranched alkanes of at least 4 members (excludes halogenated alkanes) is 1. The number of halogens is 3. The molecule has 18 heavy (non-hydrogen) atoms. The van der Waals surface area contributed by atoms with Crippen molar-refractivity contribution in [2.75, 3.05) is 19.7 Å². The van der Waals surface area contributed by atoms with Crippen LogP contribution in [0.2, 0.25) is 0 Å². The van der Waals surface area contributed by atoms with Crippen LogP contribution >= 0.6 is 0 Å². The Hall–Kier alpha value is -0.860. The Morgan fingerprint density at radius 3 is 2.17 bits per heavy atom. The summed E-state index contributed by atoms with van der Waals surface area (Å²) in [5, 5.41) is 27.7. The lowest BCUT2D eigenvalue weighted by atomic mass is 10.1. The summed E-state index contributed by atoms with van der Waals surface area (Å²) in [6, 6.07) is 0. The van der Waals surface area contributed by atoms with Gasteiger partial charge < -0.3 is 20.6 Å². The predicted octanol–water partition coefficient (Wildman–Crippen LogP) is 0.753. The van der Waals surface area contributed by atoms with Gasteiger partial charge in [0.1, 0.15) is 0 Å². The lowest BCUT2D eigenvalue weighted by Crippen LogP contribution is -2.21. The highest BCUT2D eigenvalue weighted by Gasteiger charge is 2.38. The van der Waals surface area contributed by atoms with Gasteiger partial charge in [-0.2, -0.15) is 13.2 Å². The fraction of sp³-hybridized carbons (Fsp3) is 0.900. The summed E-state index contributed by atoms with van der Waals surface area (Å²) >= 11 is 0. The zero-order valence-corrected chi connectivity index (χ0v) is 10.2. The van der Waals surface area contributed by atoms with Crippen molar-refractivity contribution in [2.24, 2.45) is 0 Å². The smallest absolute Gasteiger partial charge is 0.475 e. The molecule has 110 valence electrons. The third-order valence-corrected chi connectivity index (χ3v) is 1.84. The third kappa shape index (κ3) is 15.1. The van der Waals surface area contributed by atoms with Gasteiger partial charge in [0.15, 0.2) is 0 Å². The molecule has 0 aromatic heterocycles. The van der Waals surface area contributed by atoms with Crippen LogP contribution in [0.1, 0.15) is 26.2 Å². The molecule has 0 radical (unpaired) electrons. The maximum atomic E-state index is 10.6. The Morgan fingerprint density at radius 1 is 1.33 bits per heavy atom. The number of carbonyl (C=O) groups is 1. The summed E-state index contributed by atoms with van der Waals surface area (Å²) in [7, 11) is 0. The van der Waals surface area contributed by atoms with Crippen LogP contribution in [0, 0.1) is 0 Å². The summed E-state index contributed by atoms with van der Waals surface area (Å²) in [6.07, 6.45) is -2.83. The molecule has 1 atom stereocenters. The molecule has 0 rings (SSSR count). The number of hydrogen-bond acceptors (Lipinski definition) is 4. The van der Waals surface area contributed by atoms with E-state index in [0.717, 1.165) is 25.9 Å². The van der Waals surface area contributed by atoms with Crippen molar-refractivity contribution in [3.05, 3.63) is 0 Å². The highest BCUT2D eigenvalue weighted by molar-refractivity contribution is 5.73. The lowest BCUT2D eigenvalue weighted by molar-refractivity contribution is -0.192. The molecule has 4 N–H and O–H groups in total. The number of carboxylic acids is 1. The molecule has 0 heterocycles. The predicted molar refractivity (Wildman–Crippen MR) is 59.2 cm³/mol. The average molecular weight is 275 g/mol. The van der Waals surface area contributed by atoms with Crippen molar-refractivity contribution >= 4 is 5.97 Å². The van der Waals surface area contributed by atoms with E-state index in [-0.39, 0.29) is 6.61 Å². The highest BCUT2D eigenvalue weighted by atomic mass is 19.4. The van der Waals surface area contributed by atoms with E-state index in [4.69, 9.17) is 20.1 Å². The fourth-order valence-electron chi connectivity index (χ4n) is 0.898. The lowest BCUT2D eigenvalue weighted by Gasteiger charge is -2.05. The van der Waals surface area contributed by atoms with Crippen molar-refractivity contribution in [3.63, 3.8) is 0 Å². The van der Waals surface area contributed by atoms with Crippen LogP contribution in [0.4, 0.5) is 13.2 Å². The van der Waals surface area contributed by atoms with Gasteiger partial charge in [0.25, 0.3) is 0 Å². The number of rotatable bonds is 7. The second-order valence-electron chi connectivity index (χ2n) is 3.49. The maximum absolute atomic E-state index is 10.6. The first-order valence-electron chi connectivity index (χ1n) is 5.55. The van der Waals surface area contributed by atoms with Crippen LogP contribution in [-0.4, -0.2) is 53.3 Å². The Kier molecular flexibility index (Phi) is 12.2. The third-order valence-electron chi connectivity index (χ3n) is 1.84. The Bertz CT molecular complexity index is 212. The van der Waals surface area contributed by atoms with E-state index in [2.05, 4.69) is 12.2 Å². The summed E-state index contributed by atoms with van der Waals surface area (Å²) in [5.41, 5.74) is 0. The SMILES string of the molecule is CCNCCCCC(O)CO.O=C(O)C(F)(F)F. The van der Waals surface area contributed by atoms with Gasteiger partial charge in [-0.3, -0.25) is 0 Å². The number of alkyl halides is 3. The van der Waals surface area contributed by atoms with Crippen LogP contribution < -0.4 is 5.32 Å². The van der Waals surface area contributed by atoms with E-state index in [1.54, 1.807) is 0 Å². The summed E-state index contributed by atoms with van der Waals surface area (Å²) in [5.74, 6) is -2.76. The number of nitrogens with one attached hydrogen (secondary N) is 1. The molecule has 0 aliphatic rings. The minimum absolute atomic E-state index is 0.110. The average Bonchev–Trinajstić information content (AvgIpc) is 2.28. The van der Waals surface area contributed by atoms with E-state index in [9.17, 15) is 13.2 Å². The molecule has 0 fully saturated rings. The fourth-order valence-corrected chi connectivity index (χ4v) is 0.898. The largest absolute Gasteiger partial charge is 0.490 e. The number of aliphatic hydroxyl groups is 2. The normalized spacial score (nSPS) is 12.6. The molecule has 0 amide bonds. The van der Waals surface area contributed by atoms with Crippen LogP contribution in [0.15, 0.2) is 0 Å². The topological polar surface area (TPSA) is 89.8 Å². The Balaban J connectivity index is 0. The van der Waals surface area contributed by atoms with E-state index < -0.39 is 18.2 Å². The zero-order chi connectivity index (χ0) is 14.6. The highest BCUT2D eigenvalue weighted by Crippen LogP contribution is 2.13. The summed E-state index contributed by atoms with van der Waals surface area (Å²) in [4.78, 5) is 8.90. The van der Waals surface area contributed by atoms with E-state index >= 15 is 0 Å². The molecule has 0 saturated heterocycles. The van der Waals surface area contributed by atoms with E-state index in [0.29, 0.717) is 6.42 Å². The molecular formula is C10H20F3NO4. The molecule has 0 aromatic rings. The standard InChI is InChI=1S/C8H19NO2.C2HF3O2/c1-2-9-6-4-3-5-8(11)7-10;3-2(4,5)1(6)7/h8-11H,2-7H2,1H3;(H,6,7). The van der Waals surface area contributed by atoms with Gasteiger partial charge in [0.05, 0.1) is 12.7 Å². The molecule has 1 unspecified atom stereocenters. The van der Waals surface area contributed by atoms with Gasteiger partial charge in [-0.15, -0.1) is 0 Å². The monoisotopic (exact) mass is 275 g/mol. The van der Waals surface area contributed by atoms with Crippen molar-refractivity contribution in [1.29, 1.82) is 0 Å². The number of aliphatic carboxylic acids is 1. The van der Waals surface area contributed by atoms with Gasteiger partial charge >= 0.3 is 12.1 Å². The van der Waals surface area contributed by atoms with Crippen molar-refractivity contribution < 1.29 is 33.3 Å². The summed E-state index contributed by atoms with van der Waals surface area (Å²) < 4.78 is 31.7. The van der Waals surface area contributed by atoms with E-state index in [1.807, 2.05) is 0 Å². The van der Waals surface area contributed by atoms with Crippen molar-refractivity contribution in [3.8, 4) is 0 Å². The minimum atomic E-state index is -5.08. The Labute approximate surface area is 104 Å². The number of carboxylic acid groups (broad SMARTS) is 1. The number of hydrogen-bond donors (Lipinski definition) is 4. The molecule has 0 bridgehead atoms. The summed E-state index contributed by atoms with van der Waals surface area (Å²) in [6.45, 7) is 3.97. The van der Waals surface area contributed by atoms with E-state index in [1.165, 1.54) is 0 Å². The first-order chi connectivity index (χ1) is 8.25. The number of aliphatic hydroxyl groups excluding tert-OH is 2. The van der Waals surface area contributed by atoms with Gasteiger partial charge in [-0.05, 0) is 32.4 Å². The first-order valence-corrected chi connectivity index (χ1v) is 5.55. The van der Waals surface area contributed by atoms with Crippen molar-refractivity contribution in [2.45, 2.75) is 38.5 Å². The van der Waals surface area contributed by atoms with Gasteiger partial charge in [-0.25, -0.2) is 4.79 Å². The Morgan fingerprint density at radius 2 is 1.83 bits per heavy atom. The van der Waals surface area contributed by atoms with Crippen LogP contribution in [0.5, 0.6) is 0 Å². The minimum Gasteiger partial charge on any atom is -0.475 e. The van der Waals surface area contributed by atoms with Crippen LogP contribution in [0.3, 0.4) is 0 Å². The molecule has 8 heteroatoms.